The maximum Gasteiger partial charge on any atom is 0.256 e. The summed E-state index contributed by atoms with van der Waals surface area (Å²) in [5, 5.41) is 5.10. The maximum absolute atomic E-state index is 6.68. The standard InChI is InChI=1S/C36H21BN2O/c1-5-13-29-23(9-1)24-10-2-6-14-30(24)38(29)22-17-19-33-28(21-22)37-27-12-4-8-16-32(27)39-31-15-7-3-11-25(31)26-18-20-34(40-33)35(37)36(26)39/h1-21H. The lowest BCUT2D eigenvalue weighted by atomic mass is 9.34. The van der Waals surface area contributed by atoms with Gasteiger partial charge in [0, 0.05) is 32.9 Å². The Morgan fingerprint density at radius 2 is 1.07 bits per heavy atom. The summed E-state index contributed by atoms with van der Waals surface area (Å²) < 4.78 is 11.5. The highest BCUT2D eigenvalue weighted by Gasteiger charge is 2.40. The minimum absolute atomic E-state index is 0.0866. The molecular formula is C36H21BN2O. The van der Waals surface area contributed by atoms with E-state index in [1.807, 2.05) is 0 Å². The maximum atomic E-state index is 6.68. The molecule has 0 unspecified atom stereocenters. The van der Waals surface area contributed by atoms with Gasteiger partial charge in [-0.15, -0.1) is 0 Å². The molecule has 4 heterocycles. The lowest BCUT2D eigenvalue weighted by molar-refractivity contribution is 0.488. The van der Waals surface area contributed by atoms with Crippen LogP contribution < -0.4 is 21.1 Å². The molecule has 2 aliphatic rings. The molecule has 4 heteroatoms. The van der Waals surface area contributed by atoms with Gasteiger partial charge >= 0.3 is 0 Å². The Morgan fingerprint density at radius 1 is 0.475 bits per heavy atom. The number of benzene rings is 6. The summed E-state index contributed by atoms with van der Waals surface area (Å²) in [6.07, 6.45) is 0. The second-order valence-electron chi connectivity index (χ2n) is 10.9. The van der Waals surface area contributed by atoms with Crippen molar-refractivity contribution >= 4 is 66.7 Å². The van der Waals surface area contributed by atoms with E-state index in [1.165, 1.54) is 65.7 Å². The lowest BCUT2D eigenvalue weighted by Gasteiger charge is -2.33. The Hall–Kier alpha value is -5.22. The van der Waals surface area contributed by atoms with Crippen molar-refractivity contribution in [3.05, 3.63) is 127 Å². The normalized spacial score (nSPS) is 13.2. The van der Waals surface area contributed by atoms with E-state index in [9.17, 15) is 0 Å². The number of fused-ring (bicyclic) bond motifs is 11. The van der Waals surface area contributed by atoms with Gasteiger partial charge in [-0.2, -0.15) is 0 Å². The molecule has 0 aliphatic carbocycles. The Kier molecular flexibility index (Phi) is 3.75. The van der Waals surface area contributed by atoms with Crippen LogP contribution in [0.4, 0.5) is 0 Å². The number of nitrogens with zero attached hydrogens (tertiary/aromatic N) is 2. The van der Waals surface area contributed by atoms with E-state index in [1.54, 1.807) is 0 Å². The highest BCUT2D eigenvalue weighted by molar-refractivity contribution is 6.99. The van der Waals surface area contributed by atoms with Crippen LogP contribution in [-0.2, 0) is 0 Å². The second-order valence-corrected chi connectivity index (χ2v) is 10.9. The van der Waals surface area contributed by atoms with Crippen molar-refractivity contribution in [2.75, 3.05) is 0 Å². The van der Waals surface area contributed by atoms with Crippen LogP contribution >= 0.6 is 0 Å². The van der Waals surface area contributed by atoms with Crippen LogP contribution in [0.25, 0.3) is 55.0 Å². The zero-order valence-electron chi connectivity index (χ0n) is 21.5. The Bertz CT molecular complexity index is 2320. The average molecular weight is 508 g/mol. The van der Waals surface area contributed by atoms with Crippen molar-refractivity contribution < 1.29 is 4.74 Å². The minimum atomic E-state index is 0.0866. The van der Waals surface area contributed by atoms with Crippen LogP contribution in [-0.4, -0.2) is 15.8 Å². The number of rotatable bonds is 1. The van der Waals surface area contributed by atoms with Crippen LogP contribution in [0.5, 0.6) is 11.5 Å². The lowest BCUT2D eigenvalue weighted by Crippen LogP contribution is -2.58. The van der Waals surface area contributed by atoms with Crippen LogP contribution in [0, 0.1) is 0 Å². The van der Waals surface area contributed by atoms with Crippen molar-refractivity contribution in [3.63, 3.8) is 0 Å². The van der Waals surface area contributed by atoms with E-state index < -0.39 is 0 Å². The summed E-state index contributed by atoms with van der Waals surface area (Å²) >= 11 is 0. The summed E-state index contributed by atoms with van der Waals surface area (Å²) in [7, 11) is 0. The first-order chi connectivity index (χ1) is 19.9. The van der Waals surface area contributed by atoms with Gasteiger partial charge < -0.3 is 13.9 Å². The molecular weight excluding hydrogens is 487 g/mol. The third-order valence-electron chi connectivity index (χ3n) is 8.98. The van der Waals surface area contributed by atoms with Crippen molar-refractivity contribution in [3.8, 4) is 22.9 Å². The average Bonchev–Trinajstić information content (AvgIpc) is 3.54. The van der Waals surface area contributed by atoms with Gasteiger partial charge in [-0.05, 0) is 71.0 Å². The summed E-state index contributed by atoms with van der Waals surface area (Å²) in [5.74, 6) is 1.88. The van der Waals surface area contributed by atoms with Gasteiger partial charge in [0.1, 0.15) is 11.5 Å². The minimum Gasteiger partial charge on any atom is -0.458 e. The van der Waals surface area contributed by atoms with Gasteiger partial charge in [0.05, 0.1) is 22.1 Å². The first kappa shape index (κ1) is 20.7. The van der Waals surface area contributed by atoms with E-state index in [2.05, 4.69) is 137 Å². The van der Waals surface area contributed by atoms with Crippen LogP contribution in [0.1, 0.15) is 0 Å². The summed E-state index contributed by atoms with van der Waals surface area (Å²) in [6, 6.07) is 46.1. The van der Waals surface area contributed by atoms with Crippen LogP contribution in [0.15, 0.2) is 127 Å². The first-order valence-corrected chi connectivity index (χ1v) is 13.8. The number of ether oxygens (including phenoxy) is 1. The monoisotopic (exact) mass is 508 g/mol. The topological polar surface area (TPSA) is 19.1 Å². The molecule has 3 nitrogen and oxygen atoms in total. The molecule has 0 radical (unpaired) electrons. The van der Waals surface area contributed by atoms with Crippen molar-refractivity contribution in [1.82, 2.24) is 9.13 Å². The zero-order chi connectivity index (χ0) is 25.9. The van der Waals surface area contributed by atoms with E-state index in [0.29, 0.717) is 0 Å². The Balaban J connectivity index is 1.31. The van der Waals surface area contributed by atoms with E-state index in [4.69, 9.17) is 4.74 Å². The van der Waals surface area contributed by atoms with Gasteiger partial charge in [0.15, 0.2) is 0 Å². The number of aromatic nitrogens is 2. The highest BCUT2D eigenvalue weighted by Crippen LogP contribution is 2.39. The third-order valence-corrected chi connectivity index (χ3v) is 8.98. The Labute approximate surface area is 230 Å². The molecule has 0 saturated carbocycles. The quantitative estimate of drug-likeness (QED) is 0.223. The summed E-state index contributed by atoms with van der Waals surface area (Å²) in [4.78, 5) is 0. The Morgan fingerprint density at radius 3 is 1.82 bits per heavy atom. The number of para-hydroxylation sites is 4. The fourth-order valence-corrected chi connectivity index (χ4v) is 7.41. The van der Waals surface area contributed by atoms with Crippen molar-refractivity contribution in [1.29, 1.82) is 0 Å². The van der Waals surface area contributed by atoms with Crippen LogP contribution in [0.3, 0.4) is 0 Å². The molecule has 6 aromatic carbocycles. The molecule has 0 saturated heterocycles. The SMILES string of the molecule is c1ccc2c(c1)B1c3cc(-n4c5ccccc5c5ccccc54)ccc3Oc3ccc4c5ccccc5n-2c4c31. The summed E-state index contributed by atoms with van der Waals surface area (Å²) in [5.41, 5.74) is 11.1. The molecule has 0 atom stereocenters. The molecule has 0 amide bonds. The predicted molar refractivity (Wildman–Crippen MR) is 166 cm³/mol. The fraction of sp³-hybridized carbons (Fsp3) is 0. The number of hydrogen-bond donors (Lipinski definition) is 0. The predicted octanol–water partition coefficient (Wildman–Crippen LogP) is 6.82. The highest BCUT2D eigenvalue weighted by atomic mass is 16.5. The molecule has 10 rings (SSSR count). The molecule has 8 aromatic rings. The van der Waals surface area contributed by atoms with Gasteiger partial charge in [0.25, 0.3) is 6.71 Å². The smallest absolute Gasteiger partial charge is 0.256 e. The third kappa shape index (κ3) is 2.43. The second kappa shape index (κ2) is 7.25. The molecule has 40 heavy (non-hydrogen) atoms. The largest absolute Gasteiger partial charge is 0.458 e. The fourth-order valence-electron chi connectivity index (χ4n) is 7.41. The zero-order valence-corrected chi connectivity index (χ0v) is 21.5. The molecule has 0 N–H and O–H groups in total. The van der Waals surface area contributed by atoms with Crippen molar-refractivity contribution in [2.24, 2.45) is 0 Å². The molecule has 184 valence electrons. The van der Waals surface area contributed by atoms with Crippen molar-refractivity contribution in [2.45, 2.75) is 0 Å². The summed E-state index contributed by atoms with van der Waals surface area (Å²) in [6.45, 7) is 0.0866. The molecule has 0 fully saturated rings. The van der Waals surface area contributed by atoms with Gasteiger partial charge in [-0.3, -0.25) is 0 Å². The molecule has 2 aromatic heterocycles. The molecule has 2 aliphatic heterocycles. The first-order valence-electron chi connectivity index (χ1n) is 13.8. The van der Waals surface area contributed by atoms with E-state index in [-0.39, 0.29) is 6.71 Å². The van der Waals surface area contributed by atoms with E-state index in [0.717, 1.165) is 17.2 Å². The number of hydrogen-bond acceptors (Lipinski definition) is 1. The molecule has 0 spiro atoms. The van der Waals surface area contributed by atoms with Gasteiger partial charge in [-0.25, -0.2) is 0 Å². The van der Waals surface area contributed by atoms with E-state index >= 15 is 0 Å². The van der Waals surface area contributed by atoms with Gasteiger partial charge in [-0.1, -0.05) is 72.8 Å². The molecule has 0 bridgehead atoms. The van der Waals surface area contributed by atoms with Crippen LogP contribution in [0.2, 0.25) is 0 Å². The van der Waals surface area contributed by atoms with Gasteiger partial charge in [0.2, 0.25) is 0 Å².